The SMILES string of the molecule is O=C(COC(=O)c1nn(-c2ccc(F)cc2)c2c1CCCCC2)Nc1cccnc1Cl. The van der Waals surface area contributed by atoms with Gasteiger partial charge in [-0.2, -0.15) is 5.10 Å². The van der Waals surface area contributed by atoms with Crippen LogP contribution in [-0.2, 0) is 22.4 Å². The van der Waals surface area contributed by atoms with E-state index in [-0.39, 0.29) is 16.7 Å². The Balaban J connectivity index is 1.53. The van der Waals surface area contributed by atoms with Crippen LogP contribution in [0.25, 0.3) is 5.69 Å². The standard InChI is InChI=1S/C22H20ClFN4O3/c23-21-17(6-4-12-25-21)26-19(29)13-31-22(30)20-16-5-2-1-3-7-18(16)28(27-20)15-10-8-14(24)9-11-15/h4,6,8-12H,1-3,5,7,13H2,(H,26,29). The van der Waals surface area contributed by atoms with Gasteiger partial charge in [-0.05, 0) is 62.1 Å². The molecule has 0 unspecified atom stereocenters. The Bertz CT molecular complexity index is 1110. The molecule has 0 aliphatic heterocycles. The number of nitrogens with one attached hydrogen (secondary N) is 1. The summed E-state index contributed by atoms with van der Waals surface area (Å²) < 4.78 is 20.2. The normalized spacial score (nSPS) is 13.2. The minimum absolute atomic E-state index is 0.144. The third kappa shape index (κ3) is 4.74. The lowest BCUT2D eigenvalue weighted by molar-refractivity contribution is -0.119. The Kier molecular flexibility index (Phi) is 6.27. The van der Waals surface area contributed by atoms with Gasteiger partial charge < -0.3 is 10.1 Å². The molecule has 1 aromatic carbocycles. The van der Waals surface area contributed by atoms with Crippen molar-refractivity contribution in [1.82, 2.24) is 14.8 Å². The van der Waals surface area contributed by atoms with Gasteiger partial charge in [-0.25, -0.2) is 18.9 Å². The Hall–Kier alpha value is -3.26. The molecule has 7 nitrogen and oxygen atoms in total. The number of pyridine rings is 1. The summed E-state index contributed by atoms with van der Waals surface area (Å²) in [6.07, 6.45) is 5.90. The Morgan fingerprint density at radius 3 is 2.68 bits per heavy atom. The number of fused-ring (bicyclic) bond motifs is 1. The van der Waals surface area contributed by atoms with Gasteiger partial charge in [-0.3, -0.25) is 4.79 Å². The number of nitrogens with zero attached hydrogens (tertiary/aromatic N) is 3. The van der Waals surface area contributed by atoms with Crippen molar-refractivity contribution in [3.05, 3.63) is 70.5 Å². The van der Waals surface area contributed by atoms with Crippen LogP contribution in [0, 0.1) is 5.82 Å². The second-order valence-electron chi connectivity index (χ2n) is 7.19. The van der Waals surface area contributed by atoms with Gasteiger partial charge in [0, 0.05) is 17.5 Å². The van der Waals surface area contributed by atoms with E-state index in [0.29, 0.717) is 17.8 Å². The fraction of sp³-hybridized carbons (Fsp3) is 0.273. The van der Waals surface area contributed by atoms with E-state index in [4.69, 9.17) is 16.3 Å². The number of rotatable bonds is 5. The van der Waals surface area contributed by atoms with Crippen molar-refractivity contribution in [2.24, 2.45) is 0 Å². The summed E-state index contributed by atoms with van der Waals surface area (Å²) in [7, 11) is 0. The number of hydrogen-bond donors (Lipinski definition) is 1. The number of aromatic nitrogens is 3. The second kappa shape index (κ2) is 9.26. The predicted molar refractivity (Wildman–Crippen MR) is 113 cm³/mol. The summed E-state index contributed by atoms with van der Waals surface area (Å²) in [6, 6.07) is 9.17. The molecular weight excluding hydrogens is 423 g/mol. The third-order valence-electron chi connectivity index (χ3n) is 5.06. The molecule has 1 N–H and O–H groups in total. The number of benzene rings is 1. The number of ether oxygens (including phenoxy) is 1. The highest BCUT2D eigenvalue weighted by molar-refractivity contribution is 6.32. The molecule has 2 aromatic heterocycles. The van der Waals surface area contributed by atoms with E-state index in [2.05, 4.69) is 15.4 Å². The lowest BCUT2D eigenvalue weighted by Gasteiger charge is -2.07. The number of carbonyl (C=O) groups excluding carboxylic acids is 2. The van der Waals surface area contributed by atoms with E-state index in [1.807, 2.05) is 0 Å². The molecule has 1 aliphatic rings. The smallest absolute Gasteiger partial charge is 0.359 e. The lowest BCUT2D eigenvalue weighted by atomic mass is 10.1. The quantitative estimate of drug-likeness (QED) is 0.365. The average molecular weight is 443 g/mol. The van der Waals surface area contributed by atoms with Gasteiger partial charge >= 0.3 is 5.97 Å². The van der Waals surface area contributed by atoms with Crippen LogP contribution in [0.3, 0.4) is 0 Å². The van der Waals surface area contributed by atoms with Crippen molar-refractivity contribution in [1.29, 1.82) is 0 Å². The van der Waals surface area contributed by atoms with E-state index in [1.54, 1.807) is 28.9 Å². The molecule has 31 heavy (non-hydrogen) atoms. The van der Waals surface area contributed by atoms with Crippen LogP contribution in [0.5, 0.6) is 0 Å². The summed E-state index contributed by atoms with van der Waals surface area (Å²) in [4.78, 5) is 28.8. The molecule has 2 heterocycles. The molecular formula is C22H20ClFN4O3. The average Bonchev–Trinajstić information content (AvgIpc) is 2.95. The molecule has 1 aliphatic carbocycles. The Morgan fingerprint density at radius 1 is 1.13 bits per heavy atom. The fourth-order valence-electron chi connectivity index (χ4n) is 3.60. The molecule has 0 spiro atoms. The zero-order valence-corrected chi connectivity index (χ0v) is 17.4. The van der Waals surface area contributed by atoms with Crippen LogP contribution in [-0.4, -0.2) is 33.2 Å². The van der Waals surface area contributed by atoms with Gasteiger partial charge in [-0.1, -0.05) is 18.0 Å². The number of amides is 1. The van der Waals surface area contributed by atoms with Crippen molar-refractivity contribution in [2.45, 2.75) is 32.1 Å². The third-order valence-corrected chi connectivity index (χ3v) is 5.36. The number of anilines is 1. The molecule has 9 heteroatoms. The Morgan fingerprint density at radius 2 is 1.90 bits per heavy atom. The van der Waals surface area contributed by atoms with Crippen LogP contribution in [0.2, 0.25) is 5.15 Å². The highest BCUT2D eigenvalue weighted by Crippen LogP contribution is 2.27. The number of hydrogen-bond acceptors (Lipinski definition) is 5. The van der Waals surface area contributed by atoms with E-state index in [1.165, 1.54) is 18.3 Å². The topological polar surface area (TPSA) is 86.1 Å². The fourth-order valence-corrected chi connectivity index (χ4v) is 3.77. The highest BCUT2D eigenvalue weighted by atomic mass is 35.5. The molecule has 160 valence electrons. The summed E-state index contributed by atoms with van der Waals surface area (Å²) >= 11 is 5.92. The maximum atomic E-state index is 13.3. The van der Waals surface area contributed by atoms with Gasteiger partial charge in [0.25, 0.3) is 5.91 Å². The monoisotopic (exact) mass is 442 g/mol. The van der Waals surface area contributed by atoms with E-state index < -0.39 is 18.5 Å². The maximum absolute atomic E-state index is 13.3. The van der Waals surface area contributed by atoms with Crippen LogP contribution in [0.15, 0.2) is 42.6 Å². The molecule has 0 saturated heterocycles. The van der Waals surface area contributed by atoms with E-state index >= 15 is 0 Å². The highest BCUT2D eigenvalue weighted by Gasteiger charge is 2.26. The van der Waals surface area contributed by atoms with Gasteiger partial charge in [0.05, 0.1) is 11.4 Å². The summed E-state index contributed by atoms with van der Waals surface area (Å²) in [5, 5.41) is 7.16. The first-order valence-corrected chi connectivity index (χ1v) is 10.3. The van der Waals surface area contributed by atoms with Crippen molar-refractivity contribution < 1.29 is 18.7 Å². The first kappa shape index (κ1) is 21.0. The largest absolute Gasteiger partial charge is 0.451 e. The molecule has 0 saturated carbocycles. The zero-order chi connectivity index (χ0) is 21.8. The minimum atomic E-state index is -0.675. The van der Waals surface area contributed by atoms with Crippen molar-refractivity contribution >= 4 is 29.2 Å². The summed E-state index contributed by atoms with van der Waals surface area (Å²) in [6.45, 7) is -0.484. The van der Waals surface area contributed by atoms with Gasteiger partial charge in [0.1, 0.15) is 5.82 Å². The molecule has 3 aromatic rings. The van der Waals surface area contributed by atoms with Gasteiger partial charge in [0.15, 0.2) is 17.5 Å². The number of esters is 1. The molecule has 1 amide bonds. The maximum Gasteiger partial charge on any atom is 0.359 e. The lowest BCUT2D eigenvalue weighted by Crippen LogP contribution is -2.22. The molecule has 4 rings (SSSR count). The second-order valence-corrected chi connectivity index (χ2v) is 7.55. The first-order valence-electron chi connectivity index (χ1n) is 9.97. The number of carbonyl (C=O) groups is 2. The van der Waals surface area contributed by atoms with Crippen molar-refractivity contribution in [3.63, 3.8) is 0 Å². The summed E-state index contributed by atoms with van der Waals surface area (Å²) in [5.41, 5.74) is 2.93. The number of halogens is 2. The Labute approximate surface area is 183 Å². The first-order chi connectivity index (χ1) is 15.0. The van der Waals surface area contributed by atoms with E-state index in [0.717, 1.165) is 36.9 Å². The van der Waals surface area contributed by atoms with Crippen LogP contribution in [0.4, 0.5) is 10.1 Å². The van der Waals surface area contributed by atoms with Crippen LogP contribution < -0.4 is 5.32 Å². The minimum Gasteiger partial charge on any atom is -0.451 e. The molecule has 0 radical (unpaired) electrons. The summed E-state index contributed by atoms with van der Waals surface area (Å²) in [5.74, 6) is -1.56. The predicted octanol–water partition coefficient (Wildman–Crippen LogP) is 4.12. The van der Waals surface area contributed by atoms with Crippen LogP contribution in [0.1, 0.15) is 41.0 Å². The van der Waals surface area contributed by atoms with E-state index in [9.17, 15) is 14.0 Å². The molecule has 0 atom stereocenters. The van der Waals surface area contributed by atoms with Gasteiger partial charge in [-0.15, -0.1) is 0 Å². The zero-order valence-electron chi connectivity index (χ0n) is 16.6. The van der Waals surface area contributed by atoms with Gasteiger partial charge in [0.2, 0.25) is 0 Å². The molecule has 0 fully saturated rings. The molecule has 0 bridgehead atoms. The van der Waals surface area contributed by atoms with Crippen molar-refractivity contribution in [2.75, 3.05) is 11.9 Å². The van der Waals surface area contributed by atoms with Crippen LogP contribution >= 0.6 is 11.6 Å². The van der Waals surface area contributed by atoms with Crippen molar-refractivity contribution in [3.8, 4) is 5.69 Å².